The third-order valence-electron chi connectivity index (χ3n) is 6.75. The molecule has 1 aliphatic heterocycles. The molecule has 2 aromatic rings. The van der Waals surface area contributed by atoms with Gasteiger partial charge in [0.05, 0.1) is 17.5 Å². The van der Waals surface area contributed by atoms with Crippen molar-refractivity contribution in [2.45, 2.75) is 23.0 Å². The molecule has 154 valence electrons. The van der Waals surface area contributed by atoms with Gasteiger partial charge in [0, 0.05) is 20.9 Å². The van der Waals surface area contributed by atoms with Crippen LogP contribution in [0.2, 0.25) is 0 Å². The van der Waals surface area contributed by atoms with Gasteiger partial charge in [0.1, 0.15) is 0 Å². The lowest BCUT2D eigenvalue weighted by atomic mass is 9.81. The number of carbonyl (C=O) groups is 3. The van der Waals surface area contributed by atoms with E-state index in [2.05, 4.69) is 37.2 Å². The highest BCUT2D eigenvalue weighted by Crippen LogP contribution is 2.60. The molecule has 3 aliphatic rings. The second kappa shape index (κ2) is 7.31. The van der Waals surface area contributed by atoms with Crippen LogP contribution in [0, 0.1) is 30.6 Å². The zero-order chi connectivity index (χ0) is 21.2. The number of carbonyl (C=O) groups excluding carboxylic acids is 3. The van der Waals surface area contributed by atoms with Gasteiger partial charge >= 0.3 is 0 Å². The Morgan fingerprint density at radius 2 is 1.60 bits per heavy atom. The molecule has 1 heterocycles. The number of nitrogens with one attached hydrogen (secondary N) is 1. The van der Waals surface area contributed by atoms with Crippen molar-refractivity contribution in [2.75, 3.05) is 10.2 Å². The summed E-state index contributed by atoms with van der Waals surface area (Å²) in [6, 6.07) is 14.3. The van der Waals surface area contributed by atoms with Crippen molar-refractivity contribution in [3.8, 4) is 0 Å². The third kappa shape index (κ3) is 2.89. The van der Waals surface area contributed by atoms with Crippen molar-refractivity contribution < 1.29 is 14.4 Å². The van der Waals surface area contributed by atoms with Crippen LogP contribution in [0.5, 0.6) is 0 Å². The standard InChI is InChI=1S/C23H20Br2N2O3/c1-11-5-2-3-8-16(11)26-21(28)12-6-4-7-13(9-12)27-22(29)17-14-10-15(18(17)23(27)30)20(25)19(14)24/h2-9,14-15,17-20H,10H2,1H3,(H,26,28)/t14-,15-,17-,18+,19-,20+/m1/s1. The van der Waals surface area contributed by atoms with Crippen molar-refractivity contribution >= 4 is 61.0 Å². The third-order valence-corrected chi connectivity index (χ3v) is 9.95. The SMILES string of the molecule is Cc1ccccc1NC(=O)c1cccc(N2C(=O)[C@@H]3[C@H]4C[C@@H]([C@H](Br)[C@@H]4Br)[C@@H]3C2=O)c1. The first-order valence-electron chi connectivity index (χ1n) is 10.0. The minimum absolute atomic E-state index is 0.141. The Morgan fingerprint density at radius 3 is 2.23 bits per heavy atom. The predicted molar refractivity (Wildman–Crippen MR) is 122 cm³/mol. The number of para-hydroxylation sites is 1. The number of hydrogen-bond acceptors (Lipinski definition) is 3. The summed E-state index contributed by atoms with van der Waals surface area (Å²) in [7, 11) is 0. The largest absolute Gasteiger partial charge is 0.322 e. The second-order valence-electron chi connectivity index (χ2n) is 8.34. The molecule has 6 atom stereocenters. The predicted octanol–water partition coefficient (Wildman–Crippen LogP) is 4.53. The Hall–Kier alpha value is -1.99. The van der Waals surface area contributed by atoms with Crippen LogP contribution in [0.15, 0.2) is 48.5 Å². The lowest BCUT2D eigenvalue weighted by molar-refractivity contribution is -0.123. The molecular weight excluding hydrogens is 512 g/mol. The van der Waals surface area contributed by atoms with E-state index in [1.165, 1.54) is 4.90 Å². The number of anilines is 2. The number of aryl methyl sites for hydroxylation is 1. The molecule has 2 aromatic carbocycles. The fraction of sp³-hybridized carbons (Fsp3) is 0.348. The normalized spacial score (nSPS) is 31.9. The lowest BCUT2D eigenvalue weighted by Crippen LogP contribution is -2.37. The molecule has 2 bridgehead atoms. The van der Waals surface area contributed by atoms with E-state index in [1.54, 1.807) is 24.3 Å². The van der Waals surface area contributed by atoms with Crippen LogP contribution in [0.3, 0.4) is 0 Å². The zero-order valence-electron chi connectivity index (χ0n) is 16.2. The monoisotopic (exact) mass is 530 g/mol. The average Bonchev–Trinajstić information content (AvgIpc) is 3.34. The molecular formula is C23H20Br2N2O3. The van der Waals surface area contributed by atoms with E-state index in [0.29, 0.717) is 11.3 Å². The molecule has 5 nitrogen and oxygen atoms in total. The second-order valence-corrected chi connectivity index (χ2v) is 10.4. The van der Waals surface area contributed by atoms with Gasteiger partial charge in [-0.15, -0.1) is 0 Å². The average molecular weight is 532 g/mol. The fourth-order valence-electron chi connectivity index (χ4n) is 5.30. The molecule has 3 amide bonds. The summed E-state index contributed by atoms with van der Waals surface area (Å²) in [5.41, 5.74) is 2.57. The number of fused-ring (bicyclic) bond motifs is 5. The van der Waals surface area contributed by atoms with Crippen molar-refractivity contribution in [1.29, 1.82) is 0 Å². The number of imide groups is 1. The number of halogens is 2. The maximum absolute atomic E-state index is 13.2. The van der Waals surface area contributed by atoms with Crippen LogP contribution in [-0.4, -0.2) is 27.4 Å². The van der Waals surface area contributed by atoms with E-state index in [9.17, 15) is 14.4 Å². The molecule has 1 N–H and O–H groups in total. The molecule has 3 fully saturated rings. The Morgan fingerprint density at radius 1 is 0.967 bits per heavy atom. The number of amides is 3. The van der Waals surface area contributed by atoms with Crippen molar-refractivity contribution in [1.82, 2.24) is 0 Å². The maximum Gasteiger partial charge on any atom is 0.255 e. The van der Waals surface area contributed by atoms with E-state index in [4.69, 9.17) is 0 Å². The summed E-state index contributed by atoms with van der Waals surface area (Å²) >= 11 is 7.41. The number of rotatable bonds is 3. The lowest BCUT2D eigenvalue weighted by Gasteiger charge is -2.28. The molecule has 0 unspecified atom stereocenters. The molecule has 0 radical (unpaired) electrons. The zero-order valence-corrected chi connectivity index (χ0v) is 19.4. The van der Waals surface area contributed by atoms with Crippen molar-refractivity contribution in [2.24, 2.45) is 23.7 Å². The molecule has 1 saturated heterocycles. The fourth-order valence-corrected chi connectivity index (χ4v) is 7.17. The van der Waals surface area contributed by atoms with Crippen LogP contribution in [-0.2, 0) is 9.59 Å². The minimum Gasteiger partial charge on any atom is -0.322 e. The number of hydrogen-bond donors (Lipinski definition) is 1. The van der Waals surface area contributed by atoms with Gasteiger partial charge in [-0.2, -0.15) is 0 Å². The molecule has 0 aromatic heterocycles. The van der Waals surface area contributed by atoms with E-state index in [0.717, 1.165) is 17.7 Å². The Balaban J connectivity index is 1.42. The maximum atomic E-state index is 13.2. The van der Waals surface area contributed by atoms with Crippen LogP contribution in [0.4, 0.5) is 11.4 Å². The van der Waals surface area contributed by atoms with Gasteiger partial charge < -0.3 is 5.32 Å². The molecule has 5 rings (SSSR count). The Labute approximate surface area is 191 Å². The smallest absolute Gasteiger partial charge is 0.255 e. The first-order valence-corrected chi connectivity index (χ1v) is 11.8. The summed E-state index contributed by atoms with van der Waals surface area (Å²) in [5, 5.41) is 2.90. The minimum atomic E-state index is -0.273. The van der Waals surface area contributed by atoms with Crippen LogP contribution in [0.1, 0.15) is 22.3 Å². The highest BCUT2D eigenvalue weighted by atomic mass is 79.9. The van der Waals surface area contributed by atoms with Crippen LogP contribution < -0.4 is 10.2 Å². The van der Waals surface area contributed by atoms with Gasteiger partial charge in [-0.1, -0.05) is 56.1 Å². The molecule has 0 spiro atoms. The summed E-state index contributed by atoms with van der Waals surface area (Å²) in [4.78, 5) is 40.9. The van der Waals surface area contributed by atoms with Gasteiger partial charge in [0.2, 0.25) is 11.8 Å². The summed E-state index contributed by atoms with van der Waals surface area (Å²) in [6.07, 6.45) is 0.894. The first-order chi connectivity index (χ1) is 14.4. The van der Waals surface area contributed by atoms with E-state index in [-0.39, 0.29) is 51.0 Å². The van der Waals surface area contributed by atoms with E-state index < -0.39 is 0 Å². The molecule has 30 heavy (non-hydrogen) atoms. The highest BCUT2D eigenvalue weighted by molar-refractivity contribution is 9.12. The van der Waals surface area contributed by atoms with E-state index >= 15 is 0 Å². The Bertz CT molecular complexity index is 1040. The summed E-state index contributed by atoms with van der Waals surface area (Å²) < 4.78 is 0. The number of nitrogens with zero attached hydrogens (tertiary/aromatic N) is 1. The molecule has 2 saturated carbocycles. The van der Waals surface area contributed by atoms with Gasteiger partial charge in [-0.05, 0) is 55.0 Å². The Kier molecular flexibility index (Phi) is 4.86. The van der Waals surface area contributed by atoms with Crippen LogP contribution >= 0.6 is 31.9 Å². The number of benzene rings is 2. The van der Waals surface area contributed by atoms with E-state index in [1.807, 2.05) is 31.2 Å². The highest BCUT2D eigenvalue weighted by Gasteiger charge is 2.66. The van der Waals surface area contributed by atoms with Crippen molar-refractivity contribution in [3.63, 3.8) is 0 Å². The van der Waals surface area contributed by atoms with Crippen LogP contribution in [0.25, 0.3) is 0 Å². The van der Waals surface area contributed by atoms with Gasteiger partial charge in [0.25, 0.3) is 5.91 Å². The summed E-state index contributed by atoms with van der Waals surface area (Å²) in [6.45, 7) is 1.93. The molecule has 7 heteroatoms. The summed E-state index contributed by atoms with van der Waals surface area (Å²) in [5.74, 6) is -0.769. The topological polar surface area (TPSA) is 66.5 Å². The molecule has 2 aliphatic carbocycles. The van der Waals surface area contributed by atoms with Crippen molar-refractivity contribution in [3.05, 3.63) is 59.7 Å². The quantitative estimate of drug-likeness (QED) is 0.467. The first kappa shape index (κ1) is 19.9. The van der Waals surface area contributed by atoms with Gasteiger partial charge in [-0.3, -0.25) is 19.3 Å². The van der Waals surface area contributed by atoms with Gasteiger partial charge in [0.15, 0.2) is 0 Å². The van der Waals surface area contributed by atoms with Gasteiger partial charge in [-0.25, -0.2) is 0 Å². The number of alkyl halides is 2.